The van der Waals surface area contributed by atoms with Gasteiger partial charge in [-0.25, -0.2) is 4.99 Å². The van der Waals surface area contributed by atoms with Crippen molar-refractivity contribution in [3.05, 3.63) is 29.8 Å². The molecule has 1 N–H and O–H groups in total. The lowest BCUT2D eigenvalue weighted by atomic mass is 9.87. The van der Waals surface area contributed by atoms with Crippen molar-refractivity contribution in [1.29, 1.82) is 0 Å². The largest absolute Gasteiger partial charge is 0.492 e. The van der Waals surface area contributed by atoms with Crippen LogP contribution in [0.25, 0.3) is 0 Å². The number of nitrogens with zero attached hydrogens (tertiary/aromatic N) is 2. The maximum absolute atomic E-state index is 5.85. The second-order valence-corrected chi connectivity index (χ2v) is 7.91. The van der Waals surface area contributed by atoms with Crippen LogP contribution in [0.15, 0.2) is 29.3 Å². The van der Waals surface area contributed by atoms with Gasteiger partial charge in [0.2, 0.25) is 0 Å². The minimum absolute atomic E-state index is 0. The number of rotatable bonds is 7. The van der Waals surface area contributed by atoms with E-state index in [1.54, 1.807) is 7.11 Å². The van der Waals surface area contributed by atoms with E-state index in [-0.39, 0.29) is 29.4 Å². The monoisotopic (exact) mass is 489 g/mol. The van der Waals surface area contributed by atoms with Gasteiger partial charge in [0, 0.05) is 32.7 Å². The van der Waals surface area contributed by atoms with Gasteiger partial charge in [-0.2, -0.15) is 0 Å². The SMILES string of the molecule is CCNC(=NCCOc1ccc(C(C)(C)C)cc1)N1CCC(COC)C1.I. The fourth-order valence-electron chi connectivity index (χ4n) is 3.19. The second kappa shape index (κ2) is 11.7. The van der Waals surface area contributed by atoms with Gasteiger partial charge >= 0.3 is 0 Å². The zero-order valence-corrected chi connectivity index (χ0v) is 19.8. The van der Waals surface area contributed by atoms with Gasteiger partial charge in [0.1, 0.15) is 12.4 Å². The Bertz CT molecular complexity index is 570. The van der Waals surface area contributed by atoms with Crippen LogP contribution in [-0.4, -0.2) is 57.4 Å². The molecule has 1 atom stereocenters. The van der Waals surface area contributed by atoms with Gasteiger partial charge in [-0.15, -0.1) is 24.0 Å². The summed E-state index contributed by atoms with van der Waals surface area (Å²) in [6, 6.07) is 8.38. The molecule has 5 nitrogen and oxygen atoms in total. The number of ether oxygens (including phenoxy) is 2. The van der Waals surface area contributed by atoms with Gasteiger partial charge in [-0.05, 0) is 36.5 Å². The van der Waals surface area contributed by atoms with E-state index in [2.05, 4.69) is 50.0 Å². The molecule has 1 aliphatic heterocycles. The van der Waals surface area contributed by atoms with Crippen LogP contribution < -0.4 is 10.1 Å². The van der Waals surface area contributed by atoms with E-state index >= 15 is 0 Å². The van der Waals surface area contributed by atoms with Crippen molar-refractivity contribution in [2.75, 3.05) is 46.5 Å². The van der Waals surface area contributed by atoms with Crippen LogP contribution in [0.1, 0.15) is 39.7 Å². The standard InChI is InChI=1S/C21H35N3O2.HI/c1-6-22-20(24-13-11-17(15-24)16-25-5)23-12-14-26-19-9-7-18(8-10-19)21(2,3)4;/h7-10,17H,6,11-16H2,1-5H3,(H,22,23);1H. The van der Waals surface area contributed by atoms with Crippen LogP contribution in [-0.2, 0) is 10.2 Å². The first kappa shape index (κ1) is 24.0. The molecule has 1 aromatic rings. The molecule has 1 aromatic carbocycles. The minimum atomic E-state index is 0. The summed E-state index contributed by atoms with van der Waals surface area (Å²) < 4.78 is 11.1. The Labute approximate surface area is 181 Å². The summed E-state index contributed by atoms with van der Waals surface area (Å²) in [5.74, 6) is 2.48. The normalized spacial score (nSPS) is 17.6. The number of likely N-dealkylation sites (tertiary alicyclic amines) is 1. The molecule has 1 fully saturated rings. The van der Waals surface area contributed by atoms with Gasteiger partial charge in [0.05, 0.1) is 13.2 Å². The molecule has 0 amide bonds. The minimum Gasteiger partial charge on any atom is -0.492 e. The van der Waals surface area contributed by atoms with E-state index in [9.17, 15) is 0 Å². The Morgan fingerprint density at radius 1 is 1.26 bits per heavy atom. The molecule has 6 heteroatoms. The number of halogens is 1. The molecule has 0 radical (unpaired) electrons. The van der Waals surface area contributed by atoms with E-state index in [4.69, 9.17) is 14.5 Å². The van der Waals surface area contributed by atoms with Crippen LogP contribution in [0.3, 0.4) is 0 Å². The molecule has 27 heavy (non-hydrogen) atoms. The molecule has 0 bridgehead atoms. The van der Waals surface area contributed by atoms with Gasteiger partial charge in [-0.3, -0.25) is 0 Å². The zero-order valence-electron chi connectivity index (χ0n) is 17.5. The van der Waals surface area contributed by atoms with E-state index < -0.39 is 0 Å². The fourth-order valence-corrected chi connectivity index (χ4v) is 3.19. The molecule has 2 rings (SSSR count). The summed E-state index contributed by atoms with van der Waals surface area (Å²) in [6.45, 7) is 13.7. The molecule has 1 heterocycles. The molecule has 1 aliphatic rings. The molecule has 154 valence electrons. The third-order valence-corrected chi connectivity index (χ3v) is 4.66. The van der Waals surface area contributed by atoms with Crippen molar-refractivity contribution in [2.24, 2.45) is 10.9 Å². The lowest BCUT2D eigenvalue weighted by molar-refractivity contribution is 0.157. The molecule has 0 spiro atoms. The maximum atomic E-state index is 5.85. The number of aliphatic imine (C=N–C) groups is 1. The smallest absolute Gasteiger partial charge is 0.194 e. The van der Waals surface area contributed by atoms with Crippen LogP contribution in [0.2, 0.25) is 0 Å². The van der Waals surface area contributed by atoms with Gasteiger partial charge < -0.3 is 19.7 Å². The number of hydrogen-bond donors (Lipinski definition) is 1. The third-order valence-electron chi connectivity index (χ3n) is 4.66. The molecule has 1 unspecified atom stereocenters. The van der Waals surface area contributed by atoms with Gasteiger partial charge in [0.15, 0.2) is 5.96 Å². The average Bonchev–Trinajstić information content (AvgIpc) is 3.06. The highest BCUT2D eigenvalue weighted by atomic mass is 127. The predicted octanol–water partition coefficient (Wildman–Crippen LogP) is 3.91. The lowest BCUT2D eigenvalue weighted by Gasteiger charge is -2.21. The van der Waals surface area contributed by atoms with Crippen molar-refractivity contribution >= 4 is 29.9 Å². The highest BCUT2D eigenvalue weighted by Crippen LogP contribution is 2.24. The summed E-state index contributed by atoms with van der Waals surface area (Å²) in [7, 11) is 1.77. The Kier molecular flexibility index (Phi) is 10.4. The maximum Gasteiger partial charge on any atom is 0.194 e. The summed E-state index contributed by atoms with van der Waals surface area (Å²) >= 11 is 0. The predicted molar refractivity (Wildman–Crippen MR) is 124 cm³/mol. The highest BCUT2D eigenvalue weighted by molar-refractivity contribution is 14.0. The lowest BCUT2D eigenvalue weighted by Crippen LogP contribution is -2.40. The molecule has 0 saturated carbocycles. The Morgan fingerprint density at radius 2 is 1.96 bits per heavy atom. The Balaban J connectivity index is 0.00000364. The number of hydrogen-bond acceptors (Lipinski definition) is 3. The van der Waals surface area contributed by atoms with Crippen molar-refractivity contribution in [1.82, 2.24) is 10.2 Å². The quantitative estimate of drug-likeness (QED) is 0.273. The van der Waals surface area contributed by atoms with Crippen LogP contribution in [0.4, 0.5) is 0 Å². The molecular weight excluding hydrogens is 453 g/mol. The average molecular weight is 489 g/mol. The van der Waals surface area contributed by atoms with E-state index in [1.165, 1.54) is 5.56 Å². The van der Waals surface area contributed by atoms with E-state index in [0.717, 1.165) is 44.4 Å². The first-order chi connectivity index (χ1) is 12.4. The molecule has 0 aromatic heterocycles. The molecular formula is C21H36IN3O2. The summed E-state index contributed by atoms with van der Waals surface area (Å²) in [4.78, 5) is 7.05. The fraction of sp³-hybridized carbons (Fsp3) is 0.667. The number of nitrogens with one attached hydrogen (secondary N) is 1. The molecule has 0 aliphatic carbocycles. The number of benzene rings is 1. The molecule has 1 saturated heterocycles. The van der Waals surface area contributed by atoms with Crippen molar-refractivity contribution in [2.45, 2.75) is 39.5 Å². The van der Waals surface area contributed by atoms with E-state index in [1.807, 2.05) is 12.1 Å². The summed E-state index contributed by atoms with van der Waals surface area (Å²) in [6.07, 6.45) is 1.16. The first-order valence-electron chi connectivity index (χ1n) is 9.69. The first-order valence-corrected chi connectivity index (χ1v) is 9.69. The number of methoxy groups -OCH3 is 1. The number of guanidine groups is 1. The third kappa shape index (κ3) is 7.86. The van der Waals surface area contributed by atoms with Crippen molar-refractivity contribution in [3.8, 4) is 5.75 Å². The van der Waals surface area contributed by atoms with Gasteiger partial charge in [0.25, 0.3) is 0 Å². The van der Waals surface area contributed by atoms with Crippen LogP contribution in [0, 0.1) is 5.92 Å². The highest BCUT2D eigenvalue weighted by Gasteiger charge is 2.24. The topological polar surface area (TPSA) is 46.1 Å². The zero-order chi connectivity index (χ0) is 19.0. The van der Waals surface area contributed by atoms with Crippen molar-refractivity contribution in [3.63, 3.8) is 0 Å². The Morgan fingerprint density at radius 3 is 2.56 bits per heavy atom. The van der Waals surface area contributed by atoms with Crippen LogP contribution >= 0.6 is 24.0 Å². The summed E-state index contributed by atoms with van der Waals surface area (Å²) in [5.41, 5.74) is 1.48. The second-order valence-electron chi connectivity index (χ2n) is 7.91. The Hall–Kier alpha value is -1.02. The van der Waals surface area contributed by atoms with Gasteiger partial charge in [-0.1, -0.05) is 32.9 Å². The van der Waals surface area contributed by atoms with Crippen LogP contribution in [0.5, 0.6) is 5.75 Å². The van der Waals surface area contributed by atoms with Crippen molar-refractivity contribution < 1.29 is 9.47 Å². The van der Waals surface area contributed by atoms with E-state index in [0.29, 0.717) is 19.1 Å². The summed E-state index contributed by atoms with van der Waals surface area (Å²) in [5, 5.41) is 3.39.